The fraction of sp³-hybridized carbons (Fsp3) is 0.917. The van der Waals surface area contributed by atoms with Gasteiger partial charge in [0.2, 0.25) is 0 Å². The van der Waals surface area contributed by atoms with Crippen LogP contribution in [0.2, 0.25) is 0 Å². The molecule has 3 unspecified atom stereocenters. The molecule has 2 nitrogen and oxygen atoms in total. The lowest BCUT2D eigenvalue weighted by Gasteiger charge is -2.36. The molecule has 1 heterocycles. The first kappa shape index (κ1) is 8.75. The van der Waals surface area contributed by atoms with Gasteiger partial charge in [-0.15, -0.1) is 0 Å². The smallest absolute Gasteiger partial charge is 0.180 e. The molecular formula is C12H19NO. The molecule has 0 aromatic rings. The number of fused-ring (bicyclic) bond motifs is 5. The molecule has 3 rings (SSSR count). The van der Waals surface area contributed by atoms with Crippen LogP contribution in [0.1, 0.15) is 40.5 Å². The highest BCUT2D eigenvalue weighted by Crippen LogP contribution is 2.67. The van der Waals surface area contributed by atoms with Crippen LogP contribution >= 0.6 is 0 Å². The number of ether oxygens (including phenoxy) is 1. The summed E-state index contributed by atoms with van der Waals surface area (Å²) in [6.07, 6.45) is 3.04. The molecule has 1 aliphatic heterocycles. The molecule has 0 aromatic carbocycles. The third-order valence-electron chi connectivity index (χ3n) is 5.36. The van der Waals surface area contributed by atoms with E-state index in [0.29, 0.717) is 23.0 Å². The van der Waals surface area contributed by atoms with Gasteiger partial charge < -0.3 is 4.74 Å². The van der Waals surface area contributed by atoms with Crippen LogP contribution in [0.15, 0.2) is 4.99 Å². The molecular weight excluding hydrogens is 174 g/mol. The van der Waals surface area contributed by atoms with Crippen molar-refractivity contribution < 1.29 is 4.74 Å². The van der Waals surface area contributed by atoms with Crippen molar-refractivity contribution in [2.24, 2.45) is 21.7 Å². The first-order chi connectivity index (χ1) is 6.47. The maximum Gasteiger partial charge on any atom is 0.180 e. The number of nitrogens with zero attached hydrogens (tertiary/aromatic N) is 1. The molecule has 0 N–H and O–H groups in total. The van der Waals surface area contributed by atoms with Crippen LogP contribution in [-0.2, 0) is 4.74 Å². The molecule has 2 heteroatoms. The highest BCUT2D eigenvalue weighted by molar-refractivity contribution is 5.75. The Morgan fingerprint density at radius 1 is 1.36 bits per heavy atom. The Hall–Kier alpha value is -0.530. The topological polar surface area (TPSA) is 21.6 Å². The SMILES string of the molecule is CC1=N[C@@H]2C(O1)C1CCC2(C)C1(C)C. The Balaban J connectivity index is 2.09. The van der Waals surface area contributed by atoms with Gasteiger partial charge in [0.05, 0.1) is 6.04 Å². The fourth-order valence-electron chi connectivity index (χ4n) is 4.03. The normalized spacial score (nSPS) is 52.9. The summed E-state index contributed by atoms with van der Waals surface area (Å²) in [5, 5.41) is 0. The fourth-order valence-corrected chi connectivity index (χ4v) is 4.03. The zero-order chi connectivity index (χ0) is 10.1. The quantitative estimate of drug-likeness (QED) is 0.579. The van der Waals surface area contributed by atoms with Gasteiger partial charge >= 0.3 is 0 Å². The number of aliphatic imine (C=N–C) groups is 1. The summed E-state index contributed by atoms with van der Waals surface area (Å²) in [4.78, 5) is 4.69. The summed E-state index contributed by atoms with van der Waals surface area (Å²) in [7, 11) is 0. The predicted octanol–water partition coefficient (Wildman–Crippen LogP) is 2.63. The van der Waals surface area contributed by atoms with Gasteiger partial charge in [0.15, 0.2) is 5.90 Å². The summed E-state index contributed by atoms with van der Waals surface area (Å²) in [6.45, 7) is 9.20. The Morgan fingerprint density at radius 3 is 2.71 bits per heavy atom. The Morgan fingerprint density at radius 2 is 2.07 bits per heavy atom. The molecule has 3 aliphatic rings. The second kappa shape index (κ2) is 2.17. The van der Waals surface area contributed by atoms with Crippen LogP contribution in [0, 0.1) is 16.7 Å². The first-order valence-corrected chi connectivity index (χ1v) is 5.68. The third kappa shape index (κ3) is 0.697. The minimum absolute atomic E-state index is 0.375. The number of rotatable bonds is 0. The molecule has 0 spiro atoms. The Kier molecular flexibility index (Phi) is 1.36. The molecule has 4 atom stereocenters. The molecule has 0 radical (unpaired) electrons. The van der Waals surface area contributed by atoms with E-state index in [1.165, 1.54) is 12.8 Å². The van der Waals surface area contributed by atoms with Gasteiger partial charge in [0.1, 0.15) is 6.10 Å². The van der Waals surface area contributed by atoms with Crippen LogP contribution in [0.4, 0.5) is 0 Å². The first-order valence-electron chi connectivity index (χ1n) is 5.68. The summed E-state index contributed by atoms with van der Waals surface area (Å²) >= 11 is 0. The van der Waals surface area contributed by atoms with Crippen LogP contribution in [-0.4, -0.2) is 18.0 Å². The van der Waals surface area contributed by atoms with Crippen molar-refractivity contribution in [2.45, 2.75) is 52.7 Å². The highest BCUT2D eigenvalue weighted by Gasteiger charge is 2.68. The third-order valence-corrected chi connectivity index (χ3v) is 5.36. The average Bonchev–Trinajstić information content (AvgIpc) is 2.59. The van der Waals surface area contributed by atoms with Crippen molar-refractivity contribution in [3.8, 4) is 0 Å². The van der Waals surface area contributed by atoms with E-state index in [1.807, 2.05) is 6.92 Å². The molecule has 0 amide bonds. The summed E-state index contributed by atoms with van der Waals surface area (Å²) in [5.41, 5.74) is 0.784. The standard InChI is InChI=1S/C12H19NO/c1-7-13-10-9(14-7)8-5-6-12(10,4)11(8,2)3/h8-10H,5-6H2,1-4H3/t8?,9?,10-,12?/m1/s1. The maximum absolute atomic E-state index is 5.87. The minimum Gasteiger partial charge on any atom is -0.475 e. The zero-order valence-electron chi connectivity index (χ0n) is 9.50. The average molecular weight is 193 g/mol. The minimum atomic E-state index is 0.375. The van der Waals surface area contributed by atoms with Gasteiger partial charge in [-0.2, -0.15) is 0 Å². The van der Waals surface area contributed by atoms with E-state index in [2.05, 4.69) is 20.8 Å². The second-order valence-corrected chi connectivity index (χ2v) is 5.96. The molecule has 14 heavy (non-hydrogen) atoms. The van der Waals surface area contributed by atoms with E-state index < -0.39 is 0 Å². The zero-order valence-corrected chi connectivity index (χ0v) is 9.50. The number of hydrogen-bond acceptors (Lipinski definition) is 2. The van der Waals surface area contributed by atoms with Crippen LogP contribution in [0.5, 0.6) is 0 Å². The molecule has 2 bridgehead atoms. The predicted molar refractivity (Wildman–Crippen MR) is 56.4 cm³/mol. The van der Waals surface area contributed by atoms with Crippen molar-refractivity contribution in [3.05, 3.63) is 0 Å². The van der Waals surface area contributed by atoms with E-state index in [4.69, 9.17) is 9.73 Å². The van der Waals surface area contributed by atoms with Gasteiger partial charge in [-0.3, -0.25) is 0 Å². The van der Waals surface area contributed by atoms with Crippen molar-refractivity contribution in [3.63, 3.8) is 0 Å². The van der Waals surface area contributed by atoms with Crippen LogP contribution < -0.4 is 0 Å². The van der Waals surface area contributed by atoms with Gasteiger partial charge in [0, 0.05) is 12.8 Å². The van der Waals surface area contributed by atoms with Crippen LogP contribution in [0.3, 0.4) is 0 Å². The molecule has 2 fully saturated rings. The molecule has 2 aliphatic carbocycles. The van der Waals surface area contributed by atoms with Gasteiger partial charge in [0.25, 0.3) is 0 Å². The van der Waals surface area contributed by atoms with E-state index in [1.54, 1.807) is 0 Å². The van der Waals surface area contributed by atoms with Crippen molar-refractivity contribution in [2.75, 3.05) is 0 Å². The molecule has 0 aromatic heterocycles. The van der Waals surface area contributed by atoms with Crippen LogP contribution in [0.25, 0.3) is 0 Å². The monoisotopic (exact) mass is 193 g/mol. The van der Waals surface area contributed by atoms with E-state index in [0.717, 1.165) is 11.8 Å². The Labute approximate surface area is 85.7 Å². The largest absolute Gasteiger partial charge is 0.475 e. The Bertz CT molecular complexity index is 320. The number of hydrogen-bond donors (Lipinski definition) is 0. The summed E-state index contributed by atoms with van der Waals surface area (Å²) in [6, 6.07) is 0.441. The van der Waals surface area contributed by atoms with Crippen molar-refractivity contribution in [1.82, 2.24) is 0 Å². The van der Waals surface area contributed by atoms with Crippen molar-refractivity contribution in [1.29, 1.82) is 0 Å². The lowest BCUT2D eigenvalue weighted by molar-refractivity contribution is 0.115. The molecule has 78 valence electrons. The van der Waals surface area contributed by atoms with E-state index in [-0.39, 0.29) is 0 Å². The van der Waals surface area contributed by atoms with E-state index >= 15 is 0 Å². The van der Waals surface area contributed by atoms with Gasteiger partial charge in [-0.05, 0) is 23.7 Å². The summed E-state index contributed by atoms with van der Waals surface area (Å²) in [5.74, 6) is 1.63. The highest BCUT2D eigenvalue weighted by atomic mass is 16.5. The van der Waals surface area contributed by atoms with E-state index in [9.17, 15) is 0 Å². The van der Waals surface area contributed by atoms with Gasteiger partial charge in [-0.25, -0.2) is 4.99 Å². The van der Waals surface area contributed by atoms with Gasteiger partial charge in [-0.1, -0.05) is 20.8 Å². The molecule has 0 saturated heterocycles. The summed E-state index contributed by atoms with van der Waals surface area (Å²) < 4.78 is 5.87. The van der Waals surface area contributed by atoms with Crippen molar-refractivity contribution >= 4 is 5.90 Å². The maximum atomic E-state index is 5.87. The lowest BCUT2D eigenvalue weighted by Crippen LogP contribution is -2.36. The lowest BCUT2D eigenvalue weighted by atomic mass is 9.69. The second-order valence-electron chi connectivity index (χ2n) is 5.96. The molecule has 2 saturated carbocycles.